The molecule has 1 heteroatoms. The second-order valence-electron chi connectivity index (χ2n) is 9.47. The van der Waals surface area contributed by atoms with E-state index < -0.39 is 5.60 Å². The van der Waals surface area contributed by atoms with E-state index in [-0.39, 0.29) is 0 Å². The monoisotopic (exact) mass is 396 g/mol. The van der Waals surface area contributed by atoms with Crippen molar-refractivity contribution in [3.05, 3.63) is 0 Å². The van der Waals surface area contributed by atoms with Gasteiger partial charge in [-0.1, -0.05) is 137 Å². The summed E-state index contributed by atoms with van der Waals surface area (Å²) in [5.41, 5.74) is -0.394. The lowest BCUT2D eigenvalue weighted by Crippen LogP contribution is -2.38. The fourth-order valence-corrected chi connectivity index (χ4v) is 4.85. The summed E-state index contributed by atoms with van der Waals surface area (Å²) in [7, 11) is 0. The van der Waals surface area contributed by atoms with Crippen molar-refractivity contribution in [3.63, 3.8) is 0 Å². The van der Waals surface area contributed by atoms with Gasteiger partial charge in [0.2, 0.25) is 0 Å². The largest absolute Gasteiger partial charge is 0.390 e. The van der Waals surface area contributed by atoms with Crippen LogP contribution in [0, 0.1) is 5.92 Å². The van der Waals surface area contributed by atoms with Gasteiger partial charge in [-0.2, -0.15) is 0 Å². The van der Waals surface area contributed by atoms with E-state index in [4.69, 9.17) is 0 Å². The lowest BCUT2D eigenvalue weighted by Gasteiger charge is -2.37. The van der Waals surface area contributed by atoms with Crippen LogP contribution in [0.15, 0.2) is 0 Å². The normalized spacial score (nSPS) is 14.9. The third kappa shape index (κ3) is 14.9. The van der Waals surface area contributed by atoms with Gasteiger partial charge in [0.15, 0.2) is 0 Å². The first-order valence-corrected chi connectivity index (χ1v) is 13.4. The highest BCUT2D eigenvalue weighted by Crippen LogP contribution is 2.36. The molecule has 0 aromatic rings. The van der Waals surface area contributed by atoms with E-state index in [1.165, 1.54) is 116 Å². The second-order valence-corrected chi connectivity index (χ2v) is 9.47. The highest BCUT2D eigenvalue weighted by atomic mass is 16.3. The van der Waals surface area contributed by atoms with Crippen molar-refractivity contribution in [2.75, 3.05) is 0 Å². The molecular formula is C27H56O. The van der Waals surface area contributed by atoms with Gasteiger partial charge in [-0.3, -0.25) is 0 Å². The van der Waals surface area contributed by atoms with Crippen LogP contribution >= 0.6 is 0 Å². The zero-order valence-electron chi connectivity index (χ0n) is 20.4. The SMILES string of the molecule is CCCCCCCCC(CCCCCC)C(O)(CCC)CCCCCCCC. The molecule has 0 amide bonds. The summed E-state index contributed by atoms with van der Waals surface area (Å²) in [6.45, 7) is 9.12. The minimum atomic E-state index is -0.394. The van der Waals surface area contributed by atoms with E-state index in [9.17, 15) is 5.11 Å². The van der Waals surface area contributed by atoms with Gasteiger partial charge in [-0.25, -0.2) is 0 Å². The second kappa shape index (κ2) is 20.2. The molecule has 0 aliphatic rings. The van der Waals surface area contributed by atoms with Crippen LogP contribution in [0.3, 0.4) is 0 Å². The van der Waals surface area contributed by atoms with E-state index in [1.54, 1.807) is 0 Å². The molecule has 170 valence electrons. The maximum absolute atomic E-state index is 11.7. The first-order valence-electron chi connectivity index (χ1n) is 13.4. The van der Waals surface area contributed by atoms with Crippen molar-refractivity contribution in [2.24, 2.45) is 5.92 Å². The smallest absolute Gasteiger partial charge is 0.0675 e. The van der Waals surface area contributed by atoms with Crippen LogP contribution in [0.5, 0.6) is 0 Å². The molecule has 0 aliphatic carbocycles. The van der Waals surface area contributed by atoms with Crippen LogP contribution in [-0.4, -0.2) is 10.7 Å². The summed E-state index contributed by atoms with van der Waals surface area (Å²) in [6.07, 6.45) is 27.2. The van der Waals surface area contributed by atoms with Crippen molar-refractivity contribution in [1.29, 1.82) is 0 Å². The molecule has 2 atom stereocenters. The Kier molecular flexibility index (Phi) is 20.2. The van der Waals surface area contributed by atoms with Crippen LogP contribution in [0.25, 0.3) is 0 Å². The Labute approximate surface area is 179 Å². The molecule has 0 rings (SSSR count). The molecular weight excluding hydrogens is 340 g/mol. The average molecular weight is 397 g/mol. The number of unbranched alkanes of at least 4 members (excludes halogenated alkanes) is 13. The molecule has 0 saturated heterocycles. The van der Waals surface area contributed by atoms with Crippen LogP contribution in [0.4, 0.5) is 0 Å². The fraction of sp³-hybridized carbons (Fsp3) is 1.00. The molecule has 1 N–H and O–H groups in total. The number of aliphatic hydroxyl groups is 1. The van der Waals surface area contributed by atoms with Gasteiger partial charge in [0.1, 0.15) is 0 Å². The molecule has 0 spiro atoms. The predicted molar refractivity (Wildman–Crippen MR) is 128 cm³/mol. The number of hydrogen-bond donors (Lipinski definition) is 1. The van der Waals surface area contributed by atoms with E-state index in [1.807, 2.05) is 0 Å². The summed E-state index contributed by atoms with van der Waals surface area (Å²) in [5, 5.41) is 11.7. The molecule has 0 heterocycles. The molecule has 0 aliphatic heterocycles. The predicted octanol–water partition coefficient (Wildman–Crippen LogP) is 9.61. The van der Waals surface area contributed by atoms with Gasteiger partial charge in [0, 0.05) is 0 Å². The van der Waals surface area contributed by atoms with Crippen molar-refractivity contribution >= 4 is 0 Å². The third-order valence-corrected chi connectivity index (χ3v) is 6.72. The average Bonchev–Trinajstić information content (AvgIpc) is 2.69. The number of rotatable bonds is 22. The Bertz CT molecular complexity index is 301. The van der Waals surface area contributed by atoms with Gasteiger partial charge >= 0.3 is 0 Å². The van der Waals surface area contributed by atoms with Crippen LogP contribution in [-0.2, 0) is 0 Å². The summed E-state index contributed by atoms with van der Waals surface area (Å²) in [5.74, 6) is 0.533. The Morgan fingerprint density at radius 3 is 1.32 bits per heavy atom. The van der Waals surface area contributed by atoms with Crippen molar-refractivity contribution in [3.8, 4) is 0 Å². The van der Waals surface area contributed by atoms with E-state index in [2.05, 4.69) is 27.7 Å². The highest BCUT2D eigenvalue weighted by molar-refractivity contribution is 4.86. The van der Waals surface area contributed by atoms with Crippen LogP contribution in [0.2, 0.25) is 0 Å². The minimum absolute atomic E-state index is 0.394. The lowest BCUT2D eigenvalue weighted by atomic mass is 9.74. The van der Waals surface area contributed by atoms with Crippen LogP contribution in [0.1, 0.15) is 163 Å². The maximum atomic E-state index is 11.7. The van der Waals surface area contributed by atoms with Crippen molar-refractivity contribution < 1.29 is 5.11 Å². The summed E-state index contributed by atoms with van der Waals surface area (Å²) < 4.78 is 0. The molecule has 0 fully saturated rings. The topological polar surface area (TPSA) is 20.2 Å². The van der Waals surface area contributed by atoms with E-state index in [0.29, 0.717) is 5.92 Å². The zero-order valence-corrected chi connectivity index (χ0v) is 20.4. The quantitative estimate of drug-likeness (QED) is 0.181. The third-order valence-electron chi connectivity index (χ3n) is 6.72. The summed E-state index contributed by atoms with van der Waals surface area (Å²) in [6, 6.07) is 0. The standard InChI is InChI=1S/C27H56O/c1-5-9-12-15-17-20-23-26(22-19-14-11-7-3)27(28,24-8-4)25-21-18-16-13-10-6-2/h26,28H,5-25H2,1-4H3. The van der Waals surface area contributed by atoms with Gasteiger partial charge in [0.25, 0.3) is 0 Å². The molecule has 0 radical (unpaired) electrons. The Morgan fingerprint density at radius 2 is 0.857 bits per heavy atom. The van der Waals surface area contributed by atoms with Gasteiger partial charge in [0.05, 0.1) is 5.60 Å². The zero-order chi connectivity index (χ0) is 20.9. The Hall–Kier alpha value is -0.0400. The molecule has 0 bridgehead atoms. The lowest BCUT2D eigenvalue weighted by molar-refractivity contribution is -0.0443. The molecule has 1 nitrogen and oxygen atoms in total. The molecule has 28 heavy (non-hydrogen) atoms. The first-order chi connectivity index (χ1) is 13.6. The Morgan fingerprint density at radius 1 is 0.464 bits per heavy atom. The first kappa shape index (κ1) is 28.0. The summed E-state index contributed by atoms with van der Waals surface area (Å²) in [4.78, 5) is 0. The van der Waals surface area contributed by atoms with Gasteiger partial charge in [-0.15, -0.1) is 0 Å². The minimum Gasteiger partial charge on any atom is -0.390 e. The number of hydrogen-bond acceptors (Lipinski definition) is 1. The Balaban J connectivity index is 4.56. The van der Waals surface area contributed by atoms with Crippen molar-refractivity contribution in [2.45, 2.75) is 168 Å². The van der Waals surface area contributed by atoms with Crippen LogP contribution < -0.4 is 0 Å². The van der Waals surface area contributed by atoms with E-state index >= 15 is 0 Å². The van der Waals surface area contributed by atoms with Crippen molar-refractivity contribution in [1.82, 2.24) is 0 Å². The molecule has 0 saturated carbocycles. The van der Waals surface area contributed by atoms with Gasteiger partial charge in [-0.05, 0) is 31.6 Å². The maximum Gasteiger partial charge on any atom is 0.0675 e. The fourth-order valence-electron chi connectivity index (χ4n) is 4.85. The molecule has 2 unspecified atom stereocenters. The molecule has 0 aromatic carbocycles. The molecule has 0 aromatic heterocycles. The van der Waals surface area contributed by atoms with E-state index in [0.717, 1.165) is 19.3 Å². The summed E-state index contributed by atoms with van der Waals surface area (Å²) >= 11 is 0. The highest BCUT2D eigenvalue weighted by Gasteiger charge is 2.34. The van der Waals surface area contributed by atoms with Gasteiger partial charge < -0.3 is 5.11 Å².